The molecule has 0 aliphatic carbocycles. The molecule has 4 rings (SSSR count). The van der Waals surface area contributed by atoms with Gasteiger partial charge < -0.3 is 14.4 Å². The second-order valence-electron chi connectivity index (χ2n) is 8.97. The van der Waals surface area contributed by atoms with Crippen LogP contribution in [-0.4, -0.2) is 9.67 Å². The fraction of sp³-hybridized carbons (Fsp3) is 0.222. The van der Waals surface area contributed by atoms with Crippen molar-refractivity contribution in [1.29, 1.82) is 0 Å². The van der Waals surface area contributed by atoms with Crippen molar-refractivity contribution in [2.24, 2.45) is 0 Å². The molecule has 0 saturated heterocycles. The van der Waals surface area contributed by atoms with E-state index >= 15 is 0 Å². The fourth-order valence-corrected chi connectivity index (χ4v) is 4.02. The molecule has 1 heterocycles. The molecule has 4 aromatic rings. The predicted octanol–water partition coefficient (Wildman–Crippen LogP) is 6.79. The highest BCUT2D eigenvalue weighted by Crippen LogP contribution is 2.37. The molecule has 3 aromatic carbocycles. The van der Waals surface area contributed by atoms with Crippen molar-refractivity contribution in [3.63, 3.8) is 0 Å². The van der Waals surface area contributed by atoms with Crippen molar-refractivity contribution in [2.75, 3.05) is 0 Å². The van der Waals surface area contributed by atoms with Gasteiger partial charge in [-0.1, -0.05) is 18.2 Å². The molecule has 0 bridgehead atoms. The summed E-state index contributed by atoms with van der Waals surface area (Å²) in [4.78, 5) is 12.6. The van der Waals surface area contributed by atoms with Gasteiger partial charge in [-0.05, 0) is 80.8 Å². The lowest BCUT2D eigenvalue weighted by Gasteiger charge is -2.23. The van der Waals surface area contributed by atoms with Gasteiger partial charge in [-0.15, -0.1) is 0 Å². The first-order valence-corrected chi connectivity index (χ1v) is 10.8. The molecule has 1 aromatic heterocycles. The van der Waals surface area contributed by atoms with Crippen molar-refractivity contribution >= 4 is 10.9 Å². The molecule has 0 spiro atoms. The number of aliphatic hydroxyl groups is 1. The van der Waals surface area contributed by atoms with E-state index in [1.54, 1.807) is 39.8 Å². The van der Waals surface area contributed by atoms with Gasteiger partial charge in [0.15, 0.2) is 5.75 Å². The number of hydrogen-bond acceptors (Lipinski definition) is 3. The summed E-state index contributed by atoms with van der Waals surface area (Å²) in [6.07, 6.45) is -4.15. The van der Waals surface area contributed by atoms with Crippen LogP contribution in [0.1, 0.15) is 36.1 Å². The zero-order valence-electron chi connectivity index (χ0n) is 19.5. The number of hydrogen-bond donors (Lipinski definition) is 1. The maximum absolute atomic E-state index is 13.8. The summed E-state index contributed by atoms with van der Waals surface area (Å²) in [6, 6.07) is 13.2. The van der Waals surface area contributed by atoms with Gasteiger partial charge in [0.25, 0.3) is 0 Å². The van der Waals surface area contributed by atoms with Gasteiger partial charge in [0.1, 0.15) is 17.1 Å². The number of benzene rings is 3. The maximum Gasteiger partial charge on any atom is 0.421 e. The SMILES string of the molecule is Cc1cc(F)cc(C)c1Oc1ccc(C(C)(C)O)cc1-n1cc(C(F)(F)F)c(=O)c2ccccc21. The number of pyridine rings is 1. The van der Waals surface area contributed by atoms with Crippen molar-refractivity contribution in [2.45, 2.75) is 39.5 Å². The zero-order chi connectivity index (χ0) is 25.7. The van der Waals surface area contributed by atoms with E-state index in [1.807, 2.05) is 0 Å². The monoisotopic (exact) mass is 485 g/mol. The summed E-state index contributed by atoms with van der Waals surface area (Å²) in [5.41, 5.74) is -1.94. The standard InChI is InChI=1S/C27H23F4NO3/c1-15-11-18(28)12-16(2)25(15)35-23-10-9-17(26(3,4)34)13-22(23)32-14-20(27(29,30)31)24(33)19-7-5-6-8-21(19)32/h5-14,34H,1-4H3. The normalized spacial score (nSPS) is 12.3. The predicted molar refractivity (Wildman–Crippen MR) is 126 cm³/mol. The summed E-state index contributed by atoms with van der Waals surface area (Å²) in [7, 11) is 0. The minimum Gasteiger partial charge on any atom is -0.455 e. The number of nitrogens with zero attached hydrogens (tertiary/aromatic N) is 1. The minimum atomic E-state index is -4.89. The molecule has 0 aliphatic heterocycles. The first-order chi connectivity index (χ1) is 16.3. The quantitative estimate of drug-likeness (QED) is 0.324. The van der Waals surface area contributed by atoms with Crippen LogP contribution in [-0.2, 0) is 11.8 Å². The van der Waals surface area contributed by atoms with Crippen LogP contribution < -0.4 is 10.2 Å². The number of ether oxygens (including phenoxy) is 1. The highest BCUT2D eigenvalue weighted by molar-refractivity contribution is 5.82. The molecule has 35 heavy (non-hydrogen) atoms. The lowest BCUT2D eigenvalue weighted by Crippen LogP contribution is -2.22. The van der Waals surface area contributed by atoms with Crippen LogP contribution in [0.15, 0.2) is 65.6 Å². The minimum absolute atomic E-state index is 0.115. The van der Waals surface area contributed by atoms with E-state index in [1.165, 1.54) is 47.0 Å². The van der Waals surface area contributed by atoms with E-state index in [9.17, 15) is 27.5 Å². The number of rotatable bonds is 4. The van der Waals surface area contributed by atoms with Crippen LogP contribution >= 0.6 is 0 Å². The van der Waals surface area contributed by atoms with E-state index in [0.29, 0.717) is 22.4 Å². The second-order valence-corrected chi connectivity index (χ2v) is 8.97. The topological polar surface area (TPSA) is 51.5 Å². The molecule has 0 amide bonds. The molecule has 8 heteroatoms. The van der Waals surface area contributed by atoms with Crippen molar-refractivity contribution < 1.29 is 27.4 Å². The van der Waals surface area contributed by atoms with Gasteiger partial charge in [0.2, 0.25) is 5.43 Å². The molecule has 0 radical (unpaired) electrons. The van der Waals surface area contributed by atoms with Gasteiger partial charge in [0, 0.05) is 11.6 Å². The second kappa shape index (κ2) is 8.53. The molecule has 1 N–H and O–H groups in total. The van der Waals surface area contributed by atoms with Crippen LogP contribution in [0.3, 0.4) is 0 Å². The number of aryl methyl sites for hydroxylation is 2. The van der Waals surface area contributed by atoms with E-state index < -0.39 is 28.6 Å². The summed E-state index contributed by atoms with van der Waals surface area (Å²) in [5.74, 6) is 0.0777. The fourth-order valence-electron chi connectivity index (χ4n) is 4.02. The Labute approximate surface area is 199 Å². The molecule has 0 aliphatic rings. The number of halogens is 4. The molecule has 182 valence electrons. The Morgan fingerprint density at radius 3 is 2.17 bits per heavy atom. The molecular weight excluding hydrogens is 462 g/mol. The molecule has 0 unspecified atom stereocenters. The van der Waals surface area contributed by atoms with Crippen molar-refractivity contribution in [1.82, 2.24) is 4.57 Å². The highest BCUT2D eigenvalue weighted by Gasteiger charge is 2.35. The number of para-hydroxylation sites is 1. The Morgan fingerprint density at radius 1 is 0.943 bits per heavy atom. The summed E-state index contributed by atoms with van der Waals surface area (Å²) >= 11 is 0. The van der Waals surface area contributed by atoms with E-state index in [-0.39, 0.29) is 22.3 Å². The van der Waals surface area contributed by atoms with Gasteiger partial charge in [0.05, 0.1) is 16.8 Å². The Balaban J connectivity index is 2.06. The third-order valence-electron chi connectivity index (χ3n) is 5.78. The van der Waals surface area contributed by atoms with Crippen LogP contribution in [0.5, 0.6) is 11.5 Å². The first-order valence-electron chi connectivity index (χ1n) is 10.8. The van der Waals surface area contributed by atoms with Crippen molar-refractivity contribution in [3.05, 3.63) is 99.1 Å². The lowest BCUT2D eigenvalue weighted by molar-refractivity contribution is -0.138. The Hall–Kier alpha value is -3.65. The van der Waals surface area contributed by atoms with Gasteiger partial charge in [-0.25, -0.2) is 4.39 Å². The largest absolute Gasteiger partial charge is 0.455 e. The number of alkyl halides is 3. The number of aromatic nitrogens is 1. The molecule has 0 fully saturated rings. The highest BCUT2D eigenvalue weighted by atomic mass is 19.4. The Morgan fingerprint density at radius 2 is 1.57 bits per heavy atom. The average Bonchev–Trinajstić information content (AvgIpc) is 2.75. The first kappa shape index (κ1) is 24.5. The molecular formula is C27H23F4NO3. The average molecular weight is 485 g/mol. The maximum atomic E-state index is 13.8. The molecule has 4 nitrogen and oxygen atoms in total. The number of fused-ring (bicyclic) bond motifs is 1. The van der Waals surface area contributed by atoms with Crippen LogP contribution in [0, 0.1) is 19.7 Å². The zero-order valence-corrected chi connectivity index (χ0v) is 19.5. The summed E-state index contributed by atoms with van der Waals surface area (Å²) < 4.78 is 62.6. The Kier molecular flexibility index (Phi) is 5.97. The van der Waals surface area contributed by atoms with Gasteiger partial charge in [-0.2, -0.15) is 13.2 Å². The third-order valence-corrected chi connectivity index (χ3v) is 5.78. The smallest absolute Gasteiger partial charge is 0.421 e. The van der Waals surface area contributed by atoms with E-state index in [4.69, 9.17) is 4.74 Å². The van der Waals surface area contributed by atoms with Gasteiger partial charge >= 0.3 is 6.18 Å². The molecule has 0 atom stereocenters. The van der Waals surface area contributed by atoms with Gasteiger partial charge in [-0.3, -0.25) is 4.79 Å². The Bertz CT molecular complexity index is 1470. The molecule has 0 saturated carbocycles. The summed E-state index contributed by atoms with van der Waals surface area (Å²) in [5, 5.41) is 10.5. The third kappa shape index (κ3) is 4.66. The van der Waals surface area contributed by atoms with Crippen LogP contribution in [0.25, 0.3) is 16.6 Å². The van der Waals surface area contributed by atoms with Crippen LogP contribution in [0.4, 0.5) is 17.6 Å². The van der Waals surface area contributed by atoms with Crippen molar-refractivity contribution in [3.8, 4) is 17.2 Å². The van der Waals surface area contributed by atoms with E-state index in [2.05, 4.69) is 0 Å². The summed E-state index contributed by atoms with van der Waals surface area (Å²) in [6.45, 7) is 6.41. The van der Waals surface area contributed by atoms with Crippen LogP contribution in [0.2, 0.25) is 0 Å². The van der Waals surface area contributed by atoms with E-state index in [0.717, 1.165) is 6.20 Å². The lowest BCUT2D eigenvalue weighted by atomic mass is 9.97.